The van der Waals surface area contributed by atoms with Crippen LogP contribution in [0, 0.1) is 6.92 Å². The third kappa shape index (κ3) is 3.83. The number of quaternary nitrogens is 1. The van der Waals surface area contributed by atoms with Crippen LogP contribution in [-0.2, 0) is 5.54 Å². The van der Waals surface area contributed by atoms with E-state index < -0.39 is 0 Å². The highest BCUT2D eigenvalue weighted by Gasteiger charge is 2.37. The second-order valence-corrected chi connectivity index (χ2v) is 9.69. The lowest BCUT2D eigenvalue weighted by molar-refractivity contribution is -0.923. The van der Waals surface area contributed by atoms with Crippen molar-refractivity contribution in [2.45, 2.75) is 45.7 Å². The van der Waals surface area contributed by atoms with E-state index in [1.54, 1.807) is 0 Å². The summed E-state index contributed by atoms with van der Waals surface area (Å²) in [6.45, 7) is 10.5. The number of aromatic amines is 1. The zero-order chi connectivity index (χ0) is 20.6. The molecule has 1 aromatic carbocycles. The number of aryl methyl sites for hydroxylation is 1. The summed E-state index contributed by atoms with van der Waals surface area (Å²) in [6.07, 6.45) is 0.899. The molecule has 1 atom stereocenters. The molecule has 0 bridgehead atoms. The third-order valence-electron chi connectivity index (χ3n) is 6.07. The average molecular weight is 414 g/mol. The summed E-state index contributed by atoms with van der Waals surface area (Å²) in [6, 6.07) is 7.96. The molecule has 154 valence electrons. The van der Waals surface area contributed by atoms with E-state index in [0.717, 1.165) is 53.3 Å². The maximum absolute atomic E-state index is 13.2. The van der Waals surface area contributed by atoms with Crippen LogP contribution in [0.4, 0.5) is 0 Å². The third-order valence-corrected chi connectivity index (χ3v) is 7.06. The van der Waals surface area contributed by atoms with E-state index in [1.807, 2.05) is 34.6 Å². The Balaban J connectivity index is 1.91. The Morgan fingerprint density at radius 2 is 2.03 bits per heavy atom. The van der Waals surface area contributed by atoms with Crippen LogP contribution in [0.15, 0.2) is 29.1 Å². The van der Waals surface area contributed by atoms with Gasteiger partial charge in [0.25, 0.3) is 5.56 Å². The number of thioether (sulfide) groups is 1. The molecule has 2 aromatic heterocycles. The Morgan fingerprint density at radius 3 is 2.76 bits per heavy atom. The van der Waals surface area contributed by atoms with Crippen molar-refractivity contribution >= 4 is 22.7 Å². The van der Waals surface area contributed by atoms with E-state index >= 15 is 0 Å². The van der Waals surface area contributed by atoms with Crippen LogP contribution in [0.5, 0.6) is 0 Å². The molecule has 0 aliphatic carbocycles. The zero-order valence-corrected chi connectivity index (χ0v) is 18.3. The number of fused-ring (bicyclic) bond motifs is 1. The molecule has 0 radical (unpaired) electrons. The number of tetrazole rings is 1. The maximum atomic E-state index is 13.2. The summed E-state index contributed by atoms with van der Waals surface area (Å²) in [5.74, 6) is 2.93. The van der Waals surface area contributed by atoms with Crippen LogP contribution >= 0.6 is 11.8 Å². The molecule has 7 nitrogen and oxygen atoms in total. The zero-order valence-electron chi connectivity index (χ0n) is 17.5. The molecular formula is C21H29N6OS+. The van der Waals surface area contributed by atoms with Gasteiger partial charge in [-0.25, -0.2) is 4.68 Å². The van der Waals surface area contributed by atoms with Gasteiger partial charge in [-0.2, -0.15) is 11.8 Å². The molecule has 4 rings (SSSR count). The van der Waals surface area contributed by atoms with Crippen molar-refractivity contribution in [3.8, 4) is 0 Å². The van der Waals surface area contributed by atoms with Crippen molar-refractivity contribution < 1.29 is 4.90 Å². The molecule has 1 fully saturated rings. The average Bonchev–Trinajstić information content (AvgIpc) is 3.20. The van der Waals surface area contributed by atoms with Crippen molar-refractivity contribution in [3.63, 3.8) is 0 Å². The topological polar surface area (TPSA) is 80.9 Å². The van der Waals surface area contributed by atoms with E-state index in [9.17, 15) is 4.79 Å². The first-order valence-corrected chi connectivity index (χ1v) is 11.4. The second kappa shape index (κ2) is 7.91. The van der Waals surface area contributed by atoms with Crippen LogP contribution in [0.2, 0.25) is 0 Å². The number of hydrogen-bond acceptors (Lipinski definition) is 5. The molecule has 0 saturated carbocycles. The van der Waals surface area contributed by atoms with Gasteiger partial charge in [-0.15, -0.1) is 5.10 Å². The standard InChI is InChI=1S/C21H28N6OS/c1-5-21(3,4)27-19(23-24-25-27)18(26-8-10-29-11-9-26)16-13-15-12-14(2)6-7-17(15)22-20(16)28/h6-7,12-13,18H,5,8-11H2,1-4H3,(H,22,28)/p+1/t18-/m1/s1. The van der Waals surface area contributed by atoms with Gasteiger partial charge in [-0.05, 0) is 61.2 Å². The molecule has 0 spiro atoms. The fourth-order valence-electron chi connectivity index (χ4n) is 3.98. The van der Waals surface area contributed by atoms with Gasteiger partial charge in [0, 0.05) is 17.0 Å². The van der Waals surface area contributed by atoms with Crippen molar-refractivity contribution in [3.05, 3.63) is 51.6 Å². The monoisotopic (exact) mass is 413 g/mol. The molecule has 29 heavy (non-hydrogen) atoms. The van der Waals surface area contributed by atoms with Gasteiger partial charge in [0.05, 0.1) is 24.2 Å². The molecule has 3 heterocycles. The van der Waals surface area contributed by atoms with Gasteiger partial charge in [-0.3, -0.25) is 4.79 Å². The van der Waals surface area contributed by atoms with Gasteiger partial charge in [-0.1, -0.05) is 18.6 Å². The predicted octanol–water partition coefficient (Wildman–Crippen LogP) is 1.69. The Bertz CT molecular complexity index is 1070. The first-order chi connectivity index (χ1) is 13.9. The van der Waals surface area contributed by atoms with Crippen LogP contribution in [0.25, 0.3) is 10.9 Å². The Kier molecular flexibility index (Phi) is 5.48. The van der Waals surface area contributed by atoms with E-state index in [4.69, 9.17) is 0 Å². The largest absolute Gasteiger partial charge is 0.321 e. The highest BCUT2D eigenvalue weighted by Crippen LogP contribution is 2.25. The first-order valence-electron chi connectivity index (χ1n) is 10.3. The van der Waals surface area contributed by atoms with Crippen molar-refractivity contribution in [2.75, 3.05) is 24.6 Å². The van der Waals surface area contributed by atoms with E-state index in [1.165, 1.54) is 10.5 Å². The normalized spacial score (nSPS) is 17.0. The number of nitrogens with zero attached hydrogens (tertiary/aromatic N) is 4. The lowest BCUT2D eigenvalue weighted by atomic mass is 9.99. The van der Waals surface area contributed by atoms with Crippen LogP contribution < -0.4 is 10.5 Å². The molecular weight excluding hydrogens is 384 g/mol. The Hall–Kier alpha value is -2.19. The molecule has 0 unspecified atom stereocenters. The van der Waals surface area contributed by atoms with Gasteiger partial charge in [0.2, 0.25) is 5.82 Å². The van der Waals surface area contributed by atoms with Gasteiger partial charge < -0.3 is 9.88 Å². The number of rotatable bonds is 5. The molecule has 1 aliphatic heterocycles. The second-order valence-electron chi connectivity index (χ2n) is 8.46. The summed E-state index contributed by atoms with van der Waals surface area (Å²) < 4.78 is 1.92. The van der Waals surface area contributed by atoms with E-state index in [2.05, 4.69) is 54.3 Å². The minimum Gasteiger partial charge on any atom is -0.321 e. The molecule has 1 aliphatic rings. The lowest BCUT2D eigenvalue weighted by Crippen LogP contribution is -3.14. The van der Waals surface area contributed by atoms with Crippen molar-refractivity contribution in [2.24, 2.45) is 0 Å². The minimum atomic E-state index is -0.221. The summed E-state index contributed by atoms with van der Waals surface area (Å²) in [5, 5.41) is 13.8. The number of benzene rings is 1. The molecule has 2 N–H and O–H groups in total. The number of nitrogens with one attached hydrogen (secondary N) is 2. The molecule has 3 aromatic rings. The van der Waals surface area contributed by atoms with Gasteiger partial charge >= 0.3 is 0 Å². The summed E-state index contributed by atoms with van der Waals surface area (Å²) in [7, 11) is 0. The maximum Gasteiger partial charge on any atom is 0.258 e. The van der Waals surface area contributed by atoms with Crippen LogP contribution in [-0.4, -0.2) is 49.8 Å². The number of aromatic nitrogens is 5. The molecule has 8 heteroatoms. The number of H-pyrrole nitrogens is 1. The summed E-state index contributed by atoms with van der Waals surface area (Å²) in [5.41, 5.74) is 2.50. The highest BCUT2D eigenvalue weighted by atomic mass is 32.2. The first kappa shape index (κ1) is 20.1. The molecule has 1 saturated heterocycles. The summed E-state index contributed by atoms with van der Waals surface area (Å²) in [4.78, 5) is 17.6. The van der Waals surface area contributed by atoms with Crippen LogP contribution in [0.3, 0.4) is 0 Å². The fraction of sp³-hybridized carbons (Fsp3) is 0.524. The quantitative estimate of drug-likeness (QED) is 0.665. The van der Waals surface area contributed by atoms with Crippen molar-refractivity contribution in [1.29, 1.82) is 0 Å². The van der Waals surface area contributed by atoms with Crippen molar-refractivity contribution in [1.82, 2.24) is 25.2 Å². The van der Waals surface area contributed by atoms with Gasteiger partial charge in [0.1, 0.15) is 0 Å². The SMILES string of the molecule is CCC(C)(C)n1nnnc1[C@@H](c1cc2cc(C)ccc2[nH]c1=O)[NH+]1CCSCC1. The van der Waals surface area contributed by atoms with Gasteiger partial charge in [0.15, 0.2) is 6.04 Å². The lowest BCUT2D eigenvalue weighted by Gasteiger charge is -2.32. The molecule has 0 amide bonds. The van der Waals surface area contributed by atoms with Crippen LogP contribution in [0.1, 0.15) is 50.2 Å². The number of hydrogen-bond donors (Lipinski definition) is 2. The fourth-order valence-corrected chi connectivity index (χ4v) is 4.99. The predicted molar refractivity (Wildman–Crippen MR) is 117 cm³/mol. The minimum absolute atomic E-state index is 0.0547. The highest BCUT2D eigenvalue weighted by molar-refractivity contribution is 7.99. The van der Waals surface area contributed by atoms with E-state index in [-0.39, 0.29) is 17.1 Å². The van der Waals surface area contributed by atoms with E-state index in [0.29, 0.717) is 0 Å². The summed E-state index contributed by atoms with van der Waals surface area (Å²) >= 11 is 1.97. The Morgan fingerprint density at radius 1 is 1.28 bits per heavy atom. The number of pyridine rings is 1. The Labute approximate surface area is 174 Å². The smallest absolute Gasteiger partial charge is 0.258 e.